The molecule has 39 heavy (non-hydrogen) atoms. The Hall–Kier alpha value is -2.60. The number of fused-ring (bicyclic) bond motifs is 2. The summed E-state index contributed by atoms with van der Waals surface area (Å²) in [5.74, 6) is 3.13. The first-order valence-corrected chi connectivity index (χ1v) is 14.8. The van der Waals surface area contributed by atoms with Gasteiger partial charge in [0.25, 0.3) is 0 Å². The summed E-state index contributed by atoms with van der Waals surface area (Å²) in [6.45, 7) is 11.0. The van der Waals surface area contributed by atoms with E-state index < -0.39 is 17.7 Å². The Kier molecular flexibility index (Phi) is 5.50. The molecule has 5 aliphatic rings. The smallest absolute Gasteiger partial charge is 0.337 e. The molecule has 4 aliphatic carbocycles. The van der Waals surface area contributed by atoms with Gasteiger partial charge in [0, 0.05) is 27.8 Å². The molecular weight excluding hydrogens is 490 g/mol. The van der Waals surface area contributed by atoms with Gasteiger partial charge in [0.15, 0.2) is 6.10 Å². The Bertz CT molecular complexity index is 1360. The average Bonchev–Trinajstić information content (AvgIpc) is 3.36. The molecule has 4 fully saturated rings. The van der Waals surface area contributed by atoms with Crippen LogP contribution in [0.5, 0.6) is 11.6 Å². The van der Waals surface area contributed by atoms with Crippen LogP contribution in [-0.4, -0.2) is 34.9 Å². The predicted octanol–water partition coefficient (Wildman–Crippen LogP) is 6.84. The molecule has 2 aromatic rings. The normalized spacial score (nSPS) is 32.4. The molecule has 1 spiro atoms. The maximum absolute atomic E-state index is 12.8. The van der Waals surface area contributed by atoms with Crippen LogP contribution in [0, 0.1) is 42.4 Å². The van der Waals surface area contributed by atoms with Crippen molar-refractivity contribution in [2.75, 3.05) is 13.2 Å². The van der Waals surface area contributed by atoms with Gasteiger partial charge < -0.3 is 19.3 Å². The average molecular weight is 532 g/mol. The van der Waals surface area contributed by atoms with Gasteiger partial charge in [0.2, 0.25) is 5.88 Å². The molecule has 1 aromatic heterocycles. The van der Waals surface area contributed by atoms with E-state index in [-0.39, 0.29) is 5.41 Å². The monoisotopic (exact) mass is 531 g/mol. The van der Waals surface area contributed by atoms with Gasteiger partial charge in [-0.15, -0.1) is 0 Å². The van der Waals surface area contributed by atoms with Crippen LogP contribution in [0.25, 0.3) is 11.1 Å². The Morgan fingerprint density at radius 1 is 1.18 bits per heavy atom. The van der Waals surface area contributed by atoms with E-state index in [4.69, 9.17) is 19.2 Å². The summed E-state index contributed by atoms with van der Waals surface area (Å²) in [7, 11) is 0. The molecule has 2 heterocycles. The number of benzene rings is 1. The third-order valence-electron chi connectivity index (χ3n) is 10.8. The lowest BCUT2D eigenvalue weighted by Crippen LogP contribution is -2.68. The zero-order chi connectivity index (χ0) is 27.3. The number of ether oxygens (including phenoxy) is 3. The quantitative estimate of drug-likeness (QED) is 0.422. The summed E-state index contributed by atoms with van der Waals surface area (Å²) < 4.78 is 18.7. The number of aromatic nitrogens is 1. The molecule has 208 valence electrons. The van der Waals surface area contributed by atoms with Gasteiger partial charge >= 0.3 is 5.97 Å². The summed E-state index contributed by atoms with van der Waals surface area (Å²) in [4.78, 5) is 17.7. The standard InChI is InChI=1S/C33H41NO5/c1-18-26(28(30(35)36)39-31(3,4)5)27(22-8-9-25-21(12-22)7-6-10-37-25)19(2)34-29(18)38-17-32-14-20-11-23-13-24(16-32)33(23,32)15-20/h8-9,12,20,23-24,28H,6-7,10-11,13-17H2,1-5H3,(H,35,36). The first kappa shape index (κ1) is 25.4. The summed E-state index contributed by atoms with van der Waals surface area (Å²) in [5.41, 5.74) is 5.26. The van der Waals surface area contributed by atoms with Crippen molar-refractivity contribution in [2.24, 2.45) is 28.6 Å². The second-order valence-corrected chi connectivity index (χ2v) is 14.1. The number of hydrogen-bond donors (Lipinski definition) is 1. The van der Waals surface area contributed by atoms with Crippen LogP contribution < -0.4 is 9.47 Å². The molecule has 0 radical (unpaired) electrons. The second-order valence-electron chi connectivity index (χ2n) is 14.1. The number of carbonyl (C=O) groups is 1. The Morgan fingerprint density at radius 2 is 2.00 bits per heavy atom. The predicted molar refractivity (Wildman–Crippen MR) is 148 cm³/mol. The molecule has 4 saturated carbocycles. The highest BCUT2D eigenvalue weighted by atomic mass is 16.5. The molecule has 2 bridgehead atoms. The van der Waals surface area contributed by atoms with E-state index in [0.29, 0.717) is 23.5 Å². The third-order valence-corrected chi connectivity index (χ3v) is 10.8. The maximum Gasteiger partial charge on any atom is 0.337 e. The molecule has 6 nitrogen and oxygen atoms in total. The zero-order valence-corrected chi connectivity index (χ0v) is 23.9. The number of carboxylic acids is 1. The van der Waals surface area contributed by atoms with Crippen molar-refractivity contribution in [3.05, 3.63) is 40.6 Å². The van der Waals surface area contributed by atoms with Crippen LogP contribution in [0.15, 0.2) is 18.2 Å². The van der Waals surface area contributed by atoms with Crippen molar-refractivity contribution < 1.29 is 24.1 Å². The molecule has 1 aliphatic heterocycles. The second kappa shape index (κ2) is 8.45. The lowest BCUT2D eigenvalue weighted by atomic mass is 9.32. The summed E-state index contributed by atoms with van der Waals surface area (Å²) in [6.07, 6.45) is 7.58. The fraction of sp³-hybridized carbons (Fsp3) is 0.636. The number of carboxylic acid groups (broad SMARTS) is 1. The number of aliphatic carboxylic acids is 1. The Labute approximate surface area is 231 Å². The van der Waals surface area contributed by atoms with E-state index in [1.807, 2.05) is 46.8 Å². The Balaban J connectivity index is 1.29. The van der Waals surface area contributed by atoms with Crippen LogP contribution in [0.4, 0.5) is 0 Å². The molecule has 0 saturated heterocycles. The minimum absolute atomic E-state index is 0.289. The molecular formula is C33H41NO5. The van der Waals surface area contributed by atoms with E-state index in [0.717, 1.165) is 70.9 Å². The van der Waals surface area contributed by atoms with Crippen LogP contribution in [0.2, 0.25) is 0 Å². The van der Waals surface area contributed by atoms with Gasteiger partial charge in [0.1, 0.15) is 5.75 Å². The topological polar surface area (TPSA) is 77.9 Å². The molecule has 6 atom stereocenters. The van der Waals surface area contributed by atoms with Gasteiger partial charge in [0.05, 0.1) is 18.8 Å². The fourth-order valence-corrected chi connectivity index (χ4v) is 9.58. The van der Waals surface area contributed by atoms with Crippen molar-refractivity contribution >= 4 is 5.97 Å². The minimum atomic E-state index is -1.14. The third kappa shape index (κ3) is 3.62. The number of hydrogen-bond acceptors (Lipinski definition) is 5. The lowest BCUT2D eigenvalue weighted by molar-refractivity contribution is -0.254. The Morgan fingerprint density at radius 3 is 2.72 bits per heavy atom. The summed E-state index contributed by atoms with van der Waals surface area (Å²) >= 11 is 0. The number of pyridine rings is 1. The largest absolute Gasteiger partial charge is 0.493 e. The van der Waals surface area contributed by atoms with E-state index in [1.165, 1.54) is 32.1 Å². The highest BCUT2D eigenvalue weighted by Gasteiger charge is 2.80. The van der Waals surface area contributed by atoms with Crippen molar-refractivity contribution in [1.82, 2.24) is 4.98 Å². The summed E-state index contributed by atoms with van der Waals surface area (Å²) in [6, 6.07) is 6.16. The first-order valence-electron chi connectivity index (χ1n) is 14.8. The molecule has 7 rings (SSSR count). The fourth-order valence-electron chi connectivity index (χ4n) is 9.58. The van der Waals surface area contributed by atoms with Crippen molar-refractivity contribution in [2.45, 2.75) is 91.3 Å². The van der Waals surface area contributed by atoms with Crippen LogP contribution >= 0.6 is 0 Å². The number of nitrogens with zero attached hydrogens (tertiary/aromatic N) is 1. The van der Waals surface area contributed by atoms with Gasteiger partial charge in [-0.05, 0) is 126 Å². The first-order chi connectivity index (χ1) is 18.5. The molecule has 1 aromatic carbocycles. The van der Waals surface area contributed by atoms with Crippen LogP contribution in [0.3, 0.4) is 0 Å². The van der Waals surface area contributed by atoms with Crippen LogP contribution in [-0.2, 0) is 16.0 Å². The molecule has 6 heteroatoms. The number of rotatable bonds is 7. The zero-order valence-electron chi connectivity index (χ0n) is 23.9. The van der Waals surface area contributed by atoms with Crippen molar-refractivity contribution in [1.29, 1.82) is 0 Å². The van der Waals surface area contributed by atoms with Crippen LogP contribution in [0.1, 0.15) is 87.8 Å². The molecule has 6 unspecified atom stereocenters. The van der Waals surface area contributed by atoms with E-state index in [1.54, 1.807) is 0 Å². The van der Waals surface area contributed by atoms with Gasteiger partial charge in [-0.25, -0.2) is 9.78 Å². The maximum atomic E-state index is 12.8. The van der Waals surface area contributed by atoms with Gasteiger partial charge in [-0.1, -0.05) is 6.07 Å². The summed E-state index contributed by atoms with van der Waals surface area (Å²) in [5, 5.41) is 10.4. The van der Waals surface area contributed by atoms with E-state index >= 15 is 0 Å². The molecule has 1 N–H and O–H groups in total. The SMILES string of the molecule is Cc1nc(OCC23CC4CC5CC(C2)C53C4)c(C)c(C(OC(C)(C)C)C(=O)O)c1-c1ccc2c(c1)CCCO2. The molecule has 0 amide bonds. The van der Waals surface area contributed by atoms with Crippen molar-refractivity contribution in [3.8, 4) is 22.8 Å². The number of aryl methyl sites for hydroxylation is 2. The van der Waals surface area contributed by atoms with Gasteiger partial charge in [-0.2, -0.15) is 0 Å². The van der Waals surface area contributed by atoms with Gasteiger partial charge in [-0.3, -0.25) is 0 Å². The minimum Gasteiger partial charge on any atom is -0.493 e. The highest BCUT2D eigenvalue weighted by Crippen LogP contribution is 2.86. The lowest BCUT2D eigenvalue weighted by Gasteiger charge is -2.72. The highest BCUT2D eigenvalue weighted by molar-refractivity contribution is 5.83. The van der Waals surface area contributed by atoms with E-state index in [9.17, 15) is 9.90 Å². The van der Waals surface area contributed by atoms with Crippen molar-refractivity contribution in [3.63, 3.8) is 0 Å². The van der Waals surface area contributed by atoms with E-state index in [2.05, 4.69) is 6.07 Å².